The molecule has 1 rings (SSSR count). The standard InChI is InChI=1S/C13H20N2O2/c1-4-10(2)14-11-6-5-7-12(8-11)15-13(16)9-17-3/h5-8,10,14H,4,9H2,1-3H3,(H,15,16). The molecule has 4 nitrogen and oxygen atoms in total. The number of methoxy groups -OCH3 is 1. The van der Waals surface area contributed by atoms with Gasteiger partial charge in [0.25, 0.3) is 0 Å². The highest BCUT2D eigenvalue weighted by molar-refractivity contribution is 5.92. The highest BCUT2D eigenvalue weighted by atomic mass is 16.5. The van der Waals surface area contributed by atoms with Crippen LogP contribution < -0.4 is 10.6 Å². The number of hydrogen-bond donors (Lipinski definition) is 2. The van der Waals surface area contributed by atoms with Gasteiger partial charge in [0.05, 0.1) is 0 Å². The first-order chi connectivity index (χ1) is 8.15. The van der Waals surface area contributed by atoms with Crippen molar-refractivity contribution < 1.29 is 9.53 Å². The van der Waals surface area contributed by atoms with E-state index in [0.29, 0.717) is 6.04 Å². The van der Waals surface area contributed by atoms with Crippen molar-refractivity contribution >= 4 is 17.3 Å². The second-order valence-electron chi connectivity index (χ2n) is 4.02. The molecule has 94 valence electrons. The Labute approximate surface area is 102 Å². The van der Waals surface area contributed by atoms with Crippen LogP contribution in [0.2, 0.25) is 0 Å². The normalized spacial score (nSPS) is 11.9. The summed E-state index contributed by atoms with van der Waals surface area (Å²) < 4.78 is 4.76. The molecule has 17 heavy (non-hydrogen) atoms. The van der Waals surface area contributed by atoms with E-state index in [1.165, 1.54) is 7.11 Å². The van der Waals surface area contributed by atoms with Crippen LogP contribution in [0, 0.1) is 0 Å². The van der Waals surface area contributed by atoms with E-state index >= 15 is 0 Å². The van der Waals surface area contributed by atoms with E-state index in [1.807, 2.05) is 24.3 Å². The fourth-order valence-corrected chi connectivity index (χ4v) is 1.40. The van der Waals surface area contributed by atoms with Gasteiger partial charge in [-0.25, -0.2) is 0 Å². The van der Waals surface area contributed by atoms with E-state index in [4.69, 9.17) is 4.74 Å². The van der Waals surface area contributed by atoms with Crippen molar-refractivity contribution in [2.75, 3.05) is 24.4 Å². The smallest absolute Gasteiger partial charge is 0.250 e. The minimum absolute atomic E-state index is 0.0724. The van der Waals surface area contributed by atoms with E-state index in [1.54, 1.807) is 0 Å². The number of carbonyl (C=O) groups excluding carboxylic acids is 1. The summed E-state index contributed by atoms with van der Waals surface area (Å²) in [6, 6.07) is 8.08. The third-order valence-corrected chi connectivity index (χ3v) is 2.45. The molecule has 2 N–H and O–H groups in total. The van der Waals surface area contributed by atoms with Gasteiger partial charge in [-0.05, 0) is 31.5 Å². The largest absolute Gasteiger partial charge is 0.383 e. The first-order valence-corrected chi connectivity index (χ1v) is 5.81. The molecule has 0 bridgehead atoms. The summed E-state index contributed by atoms with van der Waals surface area (Å²) in [5.74, 6) is -0.145. The second-order valence-corrected chi connectivity index (χ2v) is 4.02. The number of carbonyl (C=O) groups is 1. The summed E-state index contributed by atoms with van der Waals surface area (Å²) in [6.45, 7) is 4.32. The van der Waals surface area contributed by atoms with Crippen LogP contribution in [0.25, 0.3) is 0 Å². The van der Waals surface area contributed by atoms with Gasteiger partial charge in [0.2, 0.25) is 5.91 Å². The average molecular weight is 236 g/mol. The van der Waals surface area contributed by atoms with Gasteiger partial charge in [-0.1, -0.05) is 13.0 Å². The summed E-state index contributed by atoms with van der Waals surface area (Å²) in [6.07, 6.45) is 1.06. The van der Waals surface area contributed by atoms with Gasteiger partial charge in [-0.2, -0.15) is 0 Å². The lowest BCUT2D eigenvalue weighted by Gasteiger charge is -2.14. The molecule has 0 aliphatic rings. The van der Waals surface area contributed by atoms with Crippen molar-refractivity contribution in [2.45, 2.75) is 26.3 Å². The SMILES string of the molecule is CCC(C)Nc1cccc(NC(=O)COC)c1. The Balaban J connectivity index is 2.62. The lowest BCUT2D eigenvalue weighted by molar-refractivity contribution is -0.119. The van der Waals surface area contributed by atoms with E-state index in [0.717, 1.165) is 17.8 Å². The van der Waals surface area contributed by atoms with Crippen LogP contribution in [0.4, 0.5) is 11.4 Å². The maximum absolute atomic E-state index is 11.3. The molecule has 0 heterocycles. The molecule has 4 heteroatoms. The van der Waals surface area contributed by atoms with Crippen molar-refractivity contribution in [1.29, 1.82) is 0 Å². The number of anilines is 2. The first-order valence-electron chi connectivity index (χ1n) is 5.81. The molecule has 0 fully saturated rings. The summed E-state index contributed by atoms with van der Waals surface area (Å²) in [5, 5.41) is 6.13. The Hall–Kier alpha value is -1.55. The molecule has 0 aliphatic carbocycles. The highest BCUT2D eigenvalue weighted by Gasteiger charge is 2.03. The number of hydrogen-bond acceptors (Lipinski definition) is 3. The minimum atomic E-state index is -0.145. The number of ether oxygens (including phenoxy) is 1. The molecular formula is C13H20N2O2. The van der Waals surface area contributed by atoms with E-state index in [-0.39, 0.29) is 12.5 Å². The fraction of sp³-hybridized carbons (Fsp3) is 0.462. The van der Waals surface area contributed by atoms with Crippen LogP contribution in [0.3, 0.4) is 0 Å². The number of rotatable bonds is 6. The first kappa shape index (κ1) is 13.5. The Morgan fingerprint density at radius 3 is 2.76 bits per heavy atom. The molecule has 1 aromatic rings. The fourth-order valence-electron chi connectivity index (χ4n) is 1.40. The maximum atomic E-state index is 11.3. The molecule has 0 spiro atoms. The predicted octanol–water partition coefficient (Wildman–Crippen LogP) is 2.48. The summed E-state index contributed by atoms with van der Waals surface area (Å²) in [4.78, 5) is 11.3. The number of nitrogens with one attached hydrogen (secondary N) is 2. The molecule has 0 radical (unpaired) electrons. The molecule has 0 aliphatic heterocycles. The van der Waals surface area contributed by atoms with Gasteiger partial charge < -0.3 is 15.4 Å². The van der Waals surface area contributed by atoms with Gasteiger partial charge in [-0.15, -0.1) is 0 Å². The third kappa shape index (κ3) is 4.87. The molecule has 0 saturated heterocycles. The van der Waals surface area contributed by atoms with Crippen molar-refractivity contribution in [3.63, 3.8) is 0 Å². The Bertz CT molecular complexity index is 366. The zero-order valence-electron chi connectivity index (χ0n) is 10.6. The van der Waals surface area contributed by atoms with Crippen molar-refractivity contribution in [2.24, 2.45) is 0 Å². The summed E-state index contributed by atoms with van der Waals surface area (Å²) in [7, 11) is 1.50. The zero-order chi connectivity index (χ0) is 12.7. The van der Waals surface area contributed by atoms with E-state index in [9.17, 15) is 4.79 Å². The van der Waals surface area contributed by atoms with Gasteiger partial charge in [-0.3, -0.25) is 4.79 Å². The van der Waals surface area contributed by atoms with Gasteiger partial charge in [0.1, 0.15) is 6.61 Å². The quantitative estimate of drug-likeness (QED) is 0.797. The second kappa shape index (κ2) is 6.91. The molecular weight excluding hydrogens is 216 g/mol. The van der Waals surface area contributed by atoms with Crippen molar-refractivity contribution in [1.82, 2.24) is 0 Å². The van der Waals surface area contributed by atoms with Crippen LogP contribution in [0.1, 0.15) is 20.3 Å². The Morgan fingerprint density at radius 1 is 1.41 bits per heavy atom. The molecule has 0 saturated carbocycles. The van der Waals surface area contributed by atoms with Crippen LogP contribution in [0.5, 0.6) is 0 Å². The number of benzene rings is 1. The minimum Gasteiger partial charge on any atom is -0.383 e. The monoisotopic (exact) mass is 236 g/mol. The van der Waals surface area contributed by atoms with Crippen molar-refractivity contribution in [3.8, 4) is 0 Å². The summed E-state index contributed by atoms with van der Waals surface area (Å²) >= 11 is 0. The van der Waals surface area contributed by atoms with Crippen LogP contribution in [-0.2, 0) is 9.53 Å². The van der Waals surface area contributed by atoms with Gasteiger partial charge >= 0.3 is 0 Å². The Kier molecular flexibility index (Phi) is 5.49. The average Bonchev–Trinajstić information content (AvgIpc) is 2.29. The third-order valence-electron chi connectivity index (χ3n) is 2.45. The topological polar surface area (TPSA) is 50.4 Å². The molecule has 1 atom stereocenters. The molecule has 1 aromatic carbocycles. The van der Waals surface area contributed by atoms with Gasteiger partial charge in [0, 0.05) is 24.5 Å². The molecule has 1 amide bonds. The lowest BCUT2D eigenvalue weighted by atomic mass is 10.2. The predicted molar refractivity (Wildman–Crippen MR) is 70.3 cm³/mol. The van der Waals surface area contributed by atoms with Crippen LogP contribution in [-0.4, -0.2) is 25.7 Å². The van der Waals surface area contributed by atoms with E-state index < -0.39 is 0 Å². The van der Waals surface area contributed by atoms with Crippen LogP contribution >= 0.6 is 0 Å². The summed E-state index contributed by atoms with van der Waals surface area (Å²) in [5.41, 5.74) is 1.79. The van der Waals surface area contributed by atoms with Crippen LogP contribution in [0.15, 0.2) is 24.3 Å². The maximum Gasteiger partial charge on any atom is 0.250 e. The van der Waals surface area contributed by atoms with Crippen molar-refractivity contribution in [3.05, 3.63) is 24.3 Å². The highest BCUT2D eigenvalue weighted by Crippen LogP contribution is 2.16. The lowest BCUT2D eigenvalue weighted by Crippen LogP contribution is -2.17. The zero-order valence-corrected chi connectivity index (χ0v) is 10.6. The Morgan fingerprint density at radius 2 is 2.12 bits per heavy atom. The molecule has 1 unspecified atom stereocenters. The van der Waals surface area contributed by atoms with Gasteiger partial charge in [0.15, 0.2) is 0 Å². The number of amides is 1. The molecule has 0 aromatic heterocycles. The van der Waals surface area contributed by atoms with E-state index in [2.05, 4.69) is 24.5 Å².